The second-order valence-electron chi connectivity index (χ2n) is 6.28. The number of nitrogens with one attached hydrogen (secondary N) is 1. The first-order chi connectivity index (χ1) is 10.3. The van der Waals surface area contributed by atoms with Crippen LogP contribution < -0.4 is 5.32 Å². The Kier molecular flexibility index (Phi) is 4.89. The van der Waals surface area contributed by atoms with E-state index in [2.05, 4.69) is 59.6 Å². The van der Waals surface area contributed by atoms with Crippen molar-refractivity contribution in [3.63, 3.8) is 0 Å². The summed E-state index contributed by atoms with van der Waals surface area (Å²) in [5.41, 5.74) is 1.40. The molecular formula is C19H26N2. The fourth-order valence-electron chi connectivity index (χ4n) is 3.32. The third-order valence-electron chi connectivity index (χ3n) is 4.50. The van der Waals surface area contributed by atoms with E-state index < -0.39 is 0 Å². The van der Waals surface area contributed by atoms with Gasteiger partial charge in [0.2, 0.25) is 0 Å². The minimum absolute atomic E-state index is 0.544. The number of piperidine rings is 1. The molecule has 1 aliphatic rings. The lowest BCUT2D eigenvalue weighted by molar-refractivity contribution is 0.209. The fraction of sp³-hybridized carbons (Fsp3) is 0.474. The third-order valence-corrected chi connectivity index (χ3v) is 4.50. The van der Waals surface area contributed by atoms with Crippen LogP contribution in [-0.2, 0) is 6.54 Å². The van der Waals surface area contributed by atoms with Crippen molar-refractivity contribution in [3.8, 4) is 0 Å². The Morgan fingerprint density at radius 2 is 1.76 bits per heavy atom. The van der Waals surface area contributed by atoms with Crippen molar-refractivity contribution < 1.29 is 0 Å². The molecule has 0 aliphatic carbocycles. The first kappa shape index (κ1) is 14.6. The largest absolute Gasteiger partial charge is 0.309 e. The molecule has 1 atom stereocenters. The van der Waals surface area contributed by atoms with Crippen LogP contribution in [0.5, 0.6) is 0 Å². The molecule has 0 bridgehead atoms. The molecule has 0 radical (unpaired) electrons. The van der Waals surface area contributed by atoms with Gasteiger partial charge < -0.3 is 10.2 Å². The molecule has 0 aromatic heterocycles. The average Bonchev–Trinajstić information content (AvgIpc) is 2.54. The molecule has 2 aromatic rings. The molecule has 0 spiro atoms. The van der Waals surface area contributed by atoms with Crippen LogP contribution in [0.2, 0.25) is 0 Å². The molecule has 0 amide bonds. The van der Waals surface area contributed by atoms with E-state index in [1.54, 1.807) is 0 Å². The number of hydrogen-bond donors (Lipinski definition) is 1. The van der Waals surface area contributed by atoms with Crippen LogP contribution in [-0.4, -0.2) is 30.6 Å². The van der Waals surface area contributed by atoms with Crippen molar-refractivity contribution in [2.75, 3.05) is 19.6 Å². The summed E-state index contributed by atoms with van der Waals surface area (Å²) in [6, 6.07) is 15.8. The smallest absolute Gasteiger partial charge is 0.0214 e. The van der Waals surface area contributed by atoms with Crippen molar-refractivity contribution in [1.29, 1.82) is 0 Å². The topological polar surface area (TPSA) is 15.3 Å². The van der Waals surface area contributed by atoms with E-state index in [1.165, 1.54) is 55.2 Å². The second kappa shape index (κ2) is 7.06. The molecule has 1 unspecified atom stereocenters. The zero-order chi connectivity index (χ0) is 14.5. The Labute approximate surface area is 128 Å². The van der Waals surface area contributed by atoms with Crippen LogP contribution in [0.25, 0.3) is 10.8 Å². The highest BCUT2D eigenvalue weighted by atomic mass is 15.1. The predicted octanol–water partition coefficient (Wildman–Crippen LogP) is 3.80. The summed E-state index contributed by atoms with van der Waals surface area (Å²) in [7, 11) is 0. The average molecular weight is 282 g/mol. The van der Waals surface area contributed by atoms with Gasteiger partial charge in [-0.25, -0.2) is 0 Å². The highest BCUT2D eigenvalue weighted by Gasteiger charge is 2.13. The van der Waals surface area contributed by atoms with Gasteiger partial charge in [-0.3, -0.25) is 0 Å². The maximum Gasteiger partial charge on any atom is 0.0214 e. The van der Waals surface area contributed by atoms with Crippen LogP contribution >= 0.6 is 0 Å². The molecule has 2 nitrogen and oxygen atoms in total. The molecule has 1 saturated heterocycles. The van der Waals surface area contributed by atoms with E-state index in [1.807, 2.05) is 0 Å². The molecule has 1 aliphatic heterocycles. The van der Waals surface area contributed by atoms with Crippen LogP contribution in [0.15, 0.2) is 42.5 Å². The fourth-order valence-corrected chi connectivity index (χ4v) is 3.32. The van der Waals surface area contributed by atoms with Crippen LogP contribution in [0, 0.1) is 0 Å². The standard InChI is InChI=1S/C19H26N2/c1-16(15-21-12-5-2-6-13-21)20-14-18-10-7-9-17-8-3-4-11-19(17)18/h3-4,7-11,16,20H,2,5-6,12-15H2,1H3. The number of likely N-dealkylation sites (tertiary alicyclic amines) is 1. The molecule has 2 aromatic carbocycles. The predicted molar refractivity (Wildman–Crippen MR) is 90.5 cm³/mol. The van der Waals surface area contributed by atoms with Crippen molar-refractivity contribution in [2.45, 2.75) is 38.8 Å². The van der Waals surface area contributed by atoms with Crippen molar-refractivity contribution >= 4 is 10.8 Å². The van der Waals surface area contributed by atoms with Gasteiger partial charge in [0.25, 0.3) is 0 Å². The van der Waals surface area contributed by atoms with Gasteiger partial charge in [-0.1, -0.05) is 48.9 Å². The Morgan fingerprint density at radius 1 is 1.00 bits per heavy atom. The zero-order valence-electron chi connectivity index (χ0n) is 13.0. The van der Waals surface area contributed by atoms with E-state index in [0.29, 0.717) is 6.04 Å². The maximum absolute atomic E-state index is 3.70. The van der Waals surface area contributed by atoms with Gasteiger partial charge >= 0.3 is 0 Å². The summed E-state index contributed by atoms with van der Waals surface area (Å²) in [4.78, 5) is 2.60. The van der Waals surface area contributed by atoms with E-state index >= 15 is 0 Å². The minimum atomic E-state index is 0.544. The van der Waals surface area contributed by atoms with Gasteiger partial charge in [-0.05, 0) is 49.2 Å². The number of fused-ring (bicyclic) bond motifs is 1. The first-order valence-corrected chi connectivity index (χ1v) is 8.25. The monoisotopic (exact) mass is 282 g/mol. The Morgan fingerprint density at radius 3 is 2.62 bits per heavy atom. The molecule has 0 saturated carbocycles. The van der Waals surface area contributed by atoms with E-state index in [9.17, 15) is 0 Å². The third kappa shape index (κ3) is 3.84. The lowest BCUT2D eigenvalue weighted by Crippen LogP contribution is -2.41. The minimum Gasteiger partial charge on any atom is -0.309 e. The van der Waals surface area contributed by atoms with Crippen LogP contribution in [0.4, 0.5) is 0 Å². The summed E-state index contributed by atoms with van der Waals surface area (Å²) in [6.45, 7) is 6.99. The molecule has 2 heteroatoms. The lowest BCUT2D eigenvalue weighted by atomic mass is 10.0. The Bertz CT molecular complexity index is 567. The SMILES string of the molecule is CC(CN1CCCCC1)NCc1cccc2ccccc12. The summed E-state index contributed by atoms with van der Waals surface area (Å²) < 4.78 is 0. The number of rotatable bonds is 5. The Balaban J connectivity index is 1.58. The second-order valence-corrected chi connectivity index (χ2v) is 6.28. The normalized spacial score (nSPS) is 18.0. The van der Waals surface area contributed by atoms with Gasteiger partial charge in [0.15, 0.2) is 0 Å². The molecule has 1 N–H and O–H groups in total. The molecule has 21 heavy (non-hydrogen) atoms. The van der Waals surface area contributed by atoms with Gasteiger partial charge in [-0.2, -0.15) is 0 Å². The summed E-state index contributed by atoms with van der Waals surface area (Å²) >= 11 is 0. The highest BCUT2D eigenvalue weighted by molar-refractivity contribution is 5.85. The molecule has 112 valence electrons. The van der Waals surface area contributed by atoms with Gasteiger partial charge in [0, 0.05) is 19.1 Å². The van der Waals surface area contributed by atoms with Gasteiger partial charge in [-0.15, -0.1) is 0 Å². The van der Waals surface area contributed by atoms with E-state index in [-0.39, 0.29) is 0 Å². The Hall–Kier alpha value is -1.38. The summed E-state index contributed by atoms with van der Waals surface area (Å²) in [5.74, 6) is 0. The van der Waals surface area contributed by atoms with Crippen LogP contribution in [0.1, 0.15) is 31.7 Å². The maximum atomic E-state index is 3.70. The number of hydrogen-bond acceptors (Lipinski definition) is 2. The first-order valence-electron chi connectivity index (χ1n) is 8.25. The summed E-state index contributed by atoms with van der Waals surface area (Å²) in [5, 5.41) is 6.40. The van der Waals surface area contributed by atoms with Crippen LogP contribution in [0.3, 0.4) is 0 Å². The van der Waals surface area contributed by atoms with Gasteiger partial charge in [0.05, 0.1) is 0 Å². The van der Waals surface area contributed by atoms with E-state index in [0.717, 1.165) is 6.54 Å². The van der Waals surface area contributed by atoms with Gasteiger partial charge in [0.1, 0.15) is 0 Å². The molecular weight excluding hydrogens is 256 g/mol. The highest BCUT2D eigenvalue weighted by Crippen LogP contribution is 2.18. The summed E-state index contributed by atoms with van der Waals surface area (Å²) in [6.07, 6.45) is 4.15. The number of nitrogens with zero attached hydrogens (tertiary/aromatic N) is 1. The lowest BCUT2D eigenvalue weighted by Gasteiger charge is -2.29. The van der Waals surface area contributed by atoms with Crippen molar-refractivity contribution in [1.82, 2.24) is 10.2 Å². The molecule has 1 fully saturated rings. The molecule has 3 rings (SSSR count). The number of benzene rings is 2. The zero-order valence-corrected chi connectivity index (χ0v) is 13.0. The van der Waals surface area contributed by atoms with Crippen molar-refractivity contribution in [3.05, 3.63) is 48.0 Å². The quantitative estimate of drug-likeness (QED) is 0.897. The molecule has 1 heterocycles. The van der Waals surface area contributed by atoms with Crippen molar-refractivity contribution in [2.24, 2.45) is 0 Å². The van der Waals surface area contributed by atoms with E-state index in [4.69, 9.17) is 0 Å².